The van der Waals surface area contributed by atoms with Crippen LogP contribution in [0.25, 0.3) is 11.0 Å². The molecule has 3 aromatic rings. The standard InChI is InChI=1S/C28H32N2O7/c1-18(2)36-28(32)30-12-8-10-21(30)16-29(17-22-13-19-9-6-7-11-23(19)37-22)27(31)20-14-24(33-3)26(35-5)25(15-20)34-4/h6-7,9,11,13-15,21H,1,8,10,12,16-17H2,2-5H3/t21-/m0/s1. The topological polar surface area (TPSA) is 90.7 Å². The molecule has 9 heteroatoms. The number of methoxy groups -OCH3 is 3. The van der Waals surface area contributed by atoms with Crippen LogP contribution in [0.5, 0.6) is 17.2 Å². The second-order valence-electron chi connectivity index (χ2n) is 8.91. The molecule has 1 fully saturated rings. The van der Waals surface area contributed by atoms with Crippen LogP contribution >= 0.6 is 0 Å². The molecule has 1 aromatic heterocycles. The highest BCUT2D eigenvalue weighted by molar-refractivity contribution is 5.95. The van der Waals surface area contributed by atoms with Gasteiger partial charge in [-0.1, -0.05) is 24.8 Å². The zero-order valence-electron chi connectivity index (χ0n) is 21.6. The van der Waals surface area contributed by atoms with Gasteiger partial charge in [0.25, 0.3) is 5.91 Å². The van der Waals surface area contributed by atoms with E-state index in [2.05, 4.69) is 6.58 Å². The Balaban J connectivity index is 1.67. The number of furan rings is 1. The van der Waals surface area contributed by atoms with Crippen molar-refractivity contribution in [3.63, 3.8) is 0 Å². The molecule has 4 rings (SSSR count). The summed E-state index contributed by atoms with van der Waals surface area (Å²) in [5.74, 6) is 1.84. The number of amides is 2. The van der Waals surface area contributed by atoms with Gasteiger partial charge < -0.3 is 33.2 Å². The van der Waals surface area contributed by atoms with Gasteiger partial charge in [0, 0.05) is 24.0 Å². The van der Waals surface area contributed by atoms with Crippen LogP contribution < -0.4 is 14.2 Å². The molecular formula is C28H32N2O7. The van der Waals surface area contributed by atoms with Crippen molar-refractivity contribution < 1.29 is 33.0 Å². The molecule has 2 amide bonds. The summed E-state index contributed by atoms with van der Waals surface area (Å²) >= 11 is 0. The number of carbonyl (C=O) groups excluding carboxylic acids is 2. The molecule has 1 atom stereocenters. The van der Waals surface area contributed by atoms with Crippen LogP contribution in [-0.4, -0.2) is 62.3 Å². The molecule has 0 radical (unpaired) electrons. The number of rotatable bonds is 9. The predicted octanol–water partition coefficient (Wildman–Crippen LogP) is 5.24. The van der Waals surface area contributed by atoms with Crippen LogP contribution in [0.15, 0.2) is 59.2 Å². The fourth-order valence-electron chi connectivity index (χ4n) is 4.64. The molecule has 9 nitrogen and oxygen atoms in total. The molecular weight excluding hydrogens is 476 g/mol. The number of likely N-dealkylation sites (tertiary alicyclic amines) is 1. The van der Waals surface area contributed by atoms with Gasteiger partial charge in [-0.2, -0.15) is 0 Å². The molecule has 196 valence electrons. The van der Waals surface area contributed by atoms with E-state index >= 15 is 0 Å². The second kappa shape index (κ2) is 11.3. The summed E-state index contributed by atoms with van der Waals surface area (Å²) < 4.78 is 27.6. The highest BCUT2D eigenvalue weighted by Crippen LogP contribution is 2.38. The quantitative estimate of drug-likeness (QED) is 0.365. The molecule has 1 saturated heterocycles. The zero-order chi connectivity index (χ0) is 26.5. The van der Waals surface area contributed by atoms with Crippen LogP contribution in [0.2, 0.25) is 0 Å². The van der Waals surface area contributed by atoms with E-state index in [9.17, 15) is 9.59 Å². The van der Waals surface area contributed by atoms with E-state index in [0.29, 0.717) is 40.9 Å². The lowest BCUT2D eigenvalue weighted by Crippen LogP contribution is -2.45. The Morgan fingerprint density at radius 1 is 1.08 bits per heavy atom. The fourth-order valence-corrected chi connectivity index (χ4v) is 4.64. The molecule has 1 aliphatic rings. The molecule has 0 saturated carbocycles. The van der Waals surface area contributed by atoms with Crippen molar-refractivity contribution >= 4 is 23.0 Å². The van der Waals surface area contributed by atoms with Gasteiger partial charge in [0.05, 0.1) is 39.7 Å². The van der Waals surface area contributed by atoms with E-state index < -0.39 is 6.09 Å². The lowest BCUT2D eigenvalue weighted by molar-refractivity contribution is 0.0660. The van der Waals surface area contributed by atoms with Crippen LogP contribution in [0.4, 0.5) is 4.79 Å². The van der Waals surface area contributed by atoms with Crippen LogP contribution in [0.3, 0.4) is 0 Å². The maximum absolute atomic E-state index is 13.9. The molecule has 2 aromatic carbocycles. The Hall–Kier alpha value is -4.14. The van der Waals surface area contributed by atoms with E-state index in [1.54, 1.807) is 28.9 Å². The SMILES string of the molecule is C=C(C)OC(=O)N1CCC[C@H]1CN(Cc1cc2ccccc2o1)C(=O)c1cc(OC)c(OC)c(OC)c1. The Bertz CT molecular complexity index is 1240. The fraction of sp³-hybridized carbons (Fsp3) is 0.357. The summed E-state index contributed by atoms with van der Waals surface area (Å²) in [5.41, 5.74) is 1.10. The number of nitrogens with zero attached hydrogens (tertiary/aromatic N) is 2. The summed E-state index contributed by atoms with van der Waals surface area (Å²) in [6, 6.07) is 12.6. The highest BCUT2D eigenvalue weighted by atomic mass is 16.6. The summed E-state index contributed by atoms with van der Waals surface area (Å²) in [5, 5.41) is 0.949. The monoisotopic (exact) mass is 508 g/mol. The van der Waals surface area contributed by atoms with Gasteiger partial charge in [0.2, 0.25) is 5.75 Å². The predicted molar refractivity (Wildman–Crippen MR) is 138 cm³/mol. The number of hydrogen-bond acceptors (Lipinski definition) is 7. The van der Waals surface area contributed by atoms with Gasteiger partial charge in [-0.3, -0.25) is 4.79 Å². The first-order valence-corrected chi connectivity index (χ1v) is 12.0. The molecule has 0 N–H and O–H groups in total. The maximum Gasteiger partial charge on any atom is 0.415 e. The van der Waals surface area contributed by atoms with Crippen molar-refractivity contribution in [2.75, 3.05) is 34.4 Å². The third-order valence-electron chi connectivity index (χ3n) is 6.33. The lowest BCUT2D eigenvalue weighted by Gasteiger charge is -2.30. The molecule has 0 spiro atoms. The van der Waals surface area contributed by atoms with Crippen molar-refractivity contribution in [1.82, 2.24) is 9.80 Å². The third-order valence-corrected chi connectivity index (χ3v) is 6.33. The van der Waals surface area contributed by atoms with E-state index in [1.165, 1.54) is 21.3 Å². The number of ether oxygens (including phenoxy) is 4. The van der Waals surface area contributed by atoms with Crippen LogP contribution in [0.1, 0.15) is 35.9 Å². The largest absolute Gasteiger partial charge is 0.493 e. The number of benzene rings is 2. The van der Waals surface area contributed by atoms with Crippen LogP contribution in [-0.2, 0) is 11.3 Å². The van der Waals surface area contributed by atoms with Gasteiger partial charge in [-0.15, -0.1) is 0 Å². The first-order valence-electron chi connectivity index (χ1n) is 12.0. The lowest BCUT2D eigenvalue weighted by atomic mass is 10.1. The molecule has 0 aliphatic carbocycles. The zero-order valence-corrected chi connectivity index (χ0v) is 21.6. The molecule has 0 bridgehead atoms. The summed E-state index contributed by atoms with van der Waals surface area (Å²) in [6.45, 7) is 6.34. The number of para-hydroxylation sites is 1. The van der Waals surface area contributed by atoms with Crippen molar-refractivity contribution in [2.45, 2.75) is 32.4 Å². The molecule has 1 aliphatic heterocycles. The maximum atomic E-state index is 13.9. The van der Waals surface area contributed by atoms with Gasteiger partial charge >= 0.3 is 6.09 Å². The summed E-state index contributed by atoms with van der Waals surface area (Å²) in [7, 11) is 4.51. The van der Waals surface area contributed by atoms with Gasteiger partial charge in [-0.05, 0) is 44.0 Å². The summed E-state index contributed by atoms with van der Waals surface area (Å²) in [6.07, 6.45) is 1.09. The number of hydrogen-bond donors (Lipinski definition) is 0. The number of allylic oxidation sites excluding steroid dienone is 1. The first kappa shape index (κ1) is 25.9. The first-order chi connectivity index (χ1) is 17.8. The van der Waals surface area contributed by atoms with E-state index in [1.807, 2.05) is 30.3 Å². The average Bonchev–Trinajstić information content (AvgIpc) is 3.53. The van der Waals surface area contributed by atoms with E-state index in [-0.39, 0.29) is 25.0 Å². The van der Waals surface area contributed by atoms with E-state index in [0.717, 1.165) is 23.8 Å². The van der Waals surface area contributed by atoms with Gasteiger partial charge in [0.15, 0.2) is 11.5 Å². The highest BCUT2D eigenvalue weighted by Gasteiger charge is 2.34. The smallest absolute Gasteiger partial charge is 0.415 e. The second-order valence-corrected chi connectivity index (χ2v) is 8.91. The van der Waals surface area contributed by atoms with Gasteiger partial charge in [-0.25, -0.2) is 4.79 Å². The number of carbonyl (C=O) groups is 2. The Kier molecular flexibility index (Phi) is 7.91. The Labute approximate surface area is 216 Å². The third kappa shape index (κ3) is 5.66. The molecule has 0 unspecified atom stereocenters. The molecule has 2 heterocycles. The van der Waals surface area contributed by atoms with Crippen LogP contribution in [0, 0.1) is 0 Å². The molecule has 37 heavy (non-hydrogen) atoms. The average molecular weight is 509 g/mol. The van der Waals surface area contributed by atoms with Crippen molar-refractivity contribution in [3.8, 4) is 17.2 Å². The Morgan fingerprint density at radius 2 is 1.78 bits per heavy atom. The minimum Gasteiger partial charge on any atom is -0.493 e. The van der Waals surface area contributed by atoms with Crippen molar-refractivity contribution in [1.29, 1.82) is 0 Å². The van der Waals surface area contributed by atoms with Crippen molar-refractivity contribution in [3.05, 3.63) is 66.1 Å². The van der Waals surface area contributed by atoms with Crippen molar-refractivity contribution in [2.24, 2.45) is 0 Å². The normalized spacial score (nSPS) is 14.9. The van der Waals surface area contributed by atoms with E-state index in [4.69, 9.17) is 23.4 Å². The number of fused-ring (bicyclic) bond motifs is 1. The van der Waals surface area contributed by atoms with Gasteiger partial charge in [0.1, 0.15) is 11.3 Å². The minimum absolute atomic E-state index is 0.212. The Morgan fingerprint density at radius 3 is 2.41 bits per heavy atom. The minimum atomic E-state index is -0.459. The summed E-state index contributed by atoms with van der Waals surface area (Å²) in [4.78, 5) is 29.9.